The molecule has 132 valence electrons. The lowest BCUT2D eigenvalue weighted by atomic mass is 10.1. The molecule has 0 unspecified atom stereocenters. The Morgan fingerprint density at radius 3 is 2.52 bits per heavy atom. The number of ether oxygens (including phenoxy) is 3. The number of nitrogens with zero attached hydrogens (tertiary/aromatic N) is 1. The Hall–Kier alpha value is -2.09. The summed E-state index contributed by atoms with van der Waals surface area (Å²) in [6.07, 6.45) is 1.87. The van der Waals surface area contributed by atoms with E-state index in [4.69, 9.17) is 14.2 Å². The molecule has 0 aliphatic rings. The zero-order valence-corrected chi connectivity index (χ0v) is 16.0. The number of benzene rings is 1. The molecule has 0 radical (unpaired) electrons. The van der Waals surface area contributed by atoms with Crippen molar-refractivity contribution in [2.75, 3.05) is 21.3 Å². The van der Waals surface area contributed by atoms with E-state index in [1.807, 2.05) is 18.3 Å². The quantitative estimate of drug-likeness (QED) is 0.639. The maximum Gasteiger partial charge on any atom is 0.203 e. The summed E-state index contributed by atoms with van der Waals surface area (Å²) >= 11 is 3.39. The van der Waals surface area contributed by atoms with Crippen LogP contribution >= 0.6 is 22.7 Å². The van der Waals surface area contributed by atoms with Crippen LogP contribution in [0.3, 0.4) is 0 Å². The van der Waals surface area contributed by atoms with E-state index in [9.17, 15) is 0 Å². The number of hydrogen-bond donors (Lipinski definition) is 1. The van der Waals surface area contributed by atoms with E-state index in [-0.39, 0.29) is 0 Å². The van der Waals surface area contributed by atoms with Gasteiger partial charge >= 0.3 is 0 Å². The molecule has 0 fully saturated rings. The van der Waals surface area contributed by atoms with Gasteiger partial charge in [0, 0.05) is 29.7 Å². The van der Waals surface area contributed by atoms with Crippen LogP contribution in [-0.2, 0) is 13.1 Å². The van der Waals surface area contributed by atoms with E-state index in [0.717, 1.165) is 28.5 Å². The van der Waals surface area contributed by atoms with Gasteiger partial charge in [0.1, 0.15) is 5.01 Å². The molecule has 0 saturated carbocycles. The fraction of sp³-hybridized carbons (Fsp3) is 0.278. The number of rotatable bonds is 8. The molecule has 0 bridgehead atoms. The lowest BCUT2D eigenvalue weighted by Gasteiger charge is -2.14. The zero-order valence-electron chi connectivity index (χ0n) is 14.4. The predicted octanol–water partition coefficient (Wildman–Crippen LogP) is 4.19. The Morgan fingerprint density at radius 1 is 1.00 bits per heavy atom. The molecule has 1 aromatic carbocycles. The van der Waals surface area contributed by atoms with E-state index in [1.165, 1.54) is 4.88 Å². The molecular formula is C18H20N2O3S2. The van der Waals surface area contributed by atoms with E-state index in [1.54, 1.807) is 44.0 Å². The van der Waals surface area contributed by atoms with Gasteiger partial charge in [-0.05, 0) is 23.6 Å². The van der Waals surface area contributed by atoms with Crippen LogP contribution in [0.2, 0.25) is 0 Å². The first-order valence-electron chi connectivity index (χ1n) is 7.74. The van der Waals surface area contributed by atoms with Gasteiger partial charge in [0.05, 0.1) is 26.2 Å². The van der Waals surface area contributed by atoms with Gasteiger partial charge in [-0.2, -0.15) is 0 Å². The minimum atomic E-state index is 0.591. The fourth-order valence-corrected chi connectivity index (χ4v) is 4.10. The molecule has 1 N–H and O–H groups in total. The standard InChI is InChI=1S/C18H20N2O3S2/c1-21-14-7-6-13(17(22-2)18(14)23-3)15-10-20-16(25-15)11-19-9-12-5-4-8-24-12/h4-8,10,19H,9,11H2,1-3H3. The van der Waals surface area contributed by atoms with Crippen molar-refractivity contribution < 1.29 is 14.2 Å². The van der Waals surface area contributed by atoms with Crippen molar-refractivity contribution in [1.82, 2.24) is 10.3 Å². The van der Waals surface area contributed by atoms with Crippen molar-refractivity contribution in [2.45, 2.75) is 13.1 Å². The maximum atomic E-state index is 5.56. The summed E-state index contributed by atoms with van der Waals surface area (Å²) in [5, 5.41) is 6.54. The van der Waals surface area contributed by atoms with Crippen molar-refractivity contribution >= 4 is 22.7 Å². The van der Waals surface area contributed by atoms with Gasteiger partial charge in [-0.15, -0.1) is 22.7 Å². The van der Waals surface area contributed by atoms with Crippen LogP contribution in [0, 0.1) is 0 Å². The zero-order chi connectivity index (χ0) is 17.6. The van der Waals surface area contributed by atoms with Crippen LogP contribution in [0.4, 0.5) is 0 Å². The Morgan fingerprint density at radius 2 is 1.84 bits per heavy atom. The van der Waals surface area contributed by atoms with E-state index in [2.05, 4.69) is 27.8 Å². The molecule has 2 aromatic heterocycles. The normalized spacial score (nSPS) is 10.7. The Kier molecular flexibility index (Phi) is 5.91. The van der Waals surface area contributed by atoms with Crippen LogP contribution in [0.1, 0.15) is 9.88 Å². The minimum absolute atomic E-state index is 0.591. The van der Waals surface area contributed by atoms with E-state index in [0.29, 0.717) is 17.2 Å². The van der Waals surface area contributed by atoms with Crippen molar-refractivity contribution in [3.05, 3.63) is 45.7 Å². The lowest BCUT2D eigenvalue weighted by molar-refractivity contribution is 0.325. The molecule has 3 rings (SSSR count). The predicted molar refractivity (Wildman–Crippen MR) is 102 cm³/mol. The first-order valence-corrected chi connectivity index (χ1v) is 9.43. The summed E-state index contributed by atoms with van der Waals surface area (Å²) in [6, 6.07) is 8.04. The second-order valence-corrected chi connectivity index (χ2v) is 7.33. The van der Waals surface area contributed by atoms with Crippen molar-refractivity contribution in [3.63, 3.8) is 0 Å². The van der Waals surface area contributed by atoms with Crippen LogP contribution in [0.15, 0.2) is 35.8 Å². The highest BCUT2D eigenvalue weighted by atomic mass is 32.1. The molecule has 2 heterocycles. The first kappa shape index (κ1) is 17.7. The highest BCUT2D eigenvalue weighted by Crippen LogP contribution is 2.45. The van der Waals surface area contributed by atoms with Gasteiger partial charge in [-0.25, -0.2) is 4.98 Å². The van der Waals surface area contributed by atoms with Gasteiger partial charge in [0.25, 0.3) is 0 Å². The molecular weight excluding hydrogens is 356 g/mol. The third-order valence-corrected chi connectivity index (χ3v) is 5.59. The summed E-state index contributed by atoms with van der Waals surface area (Å²) in [5.74, 6) is 1.89. The Bertz CT molecular complexity index is 816. The smallest absolute Gasteiger partial charge is 0.203 e. The van der Waals surface area contributed by atoms with Gasteiger partial charge in [-0.3, -0.25) is 0 Å². The van der Waals surface area contributed by atoms with Crippen molar-refractivity contribution in [3.8, 4) is 27.7 Å². The highest BCUT2D eigenvalue weighted by molar-refractivity contribution is 7.15. The molecule has 3 aromatic rings. The number of methoxy groups -OCH3 is 3. The van der Waals surface area contributed by atoms with Gasteiger partial charge in [0.2, 0.25) is 5.75 Å². The maximum absolute atomic E-state index is 5.56. The molecule has 5 nitrogen and oxygen atoms in total. The summed E-state index contributed by atoms with van der Waals surface area (Å²) in [4.78, 5) is 6.87. The van der Waals surface area contributed by atoms with Crippen LogP contribution in [0.25, 0.3) is 10.4 Å². The average Bonchev–Trinajstić information content (AvgIpc) is 3.32. The summed E-state index contributed by atoms with van der Waals surface area (Å²) < 4.78 is 16.4. The number of thiophene rings is 1. The SMILES string of the molecule is COc1ccc(-c2cnc(CNCc3cccs3)s2)c(OC)c1OC. The second-order valence-electron chi connectivity index (χ2n) is 5.18. The van der Waals surface area contributed by atoms with Gasteiger partial charge in [0.15, 0.2) is 11.5 Å². The van der Waals surface area contributed by atoms with Gasteiger partial charge < -0.3 is 19.5 Å². The molecule has 7 heteroatoms. The molecule has 0 aliphatic carbocycles. The molecule has 0 atom stereocenters. The van der Waals surface area contributed by atoms with Crippen LogP contribution in [0.5, 0.6) is 17.2 Å². The molecule has 0 amide bonds. The summed E-state index contributed by atoms with van der Waals surface area (Å²) in [6.45, 7) is 1.59. The average molecular weight is 377 g/mol. The molecule has 0 spiro atoms. The van der Waals surface area contributed by atoms with E-state index >= 15 is 0 Å². The number of nitrogens with one attached hydrogen (secondary N) is 1. The number of thiazole rings is 1. The van der Waals surface area contributed by atoms with Crippen molar-refractivity contribution in [1.29, 1.82) is 0 Å². The summed E-state index contributed by atoms with van der Waals surface area (Å²) in [5.41, 5.74) is 0.946. The van der Waals surface area contributed by atoms with Crippen LogP contribution < -0.4 is 19.5 Å². The molecule has 0 saturated heterocycles. The number of aromatic nitrogens is 1. The lowest BCUT2D eigenvalue weighted by Crippen LogP contribution is -2.11. The minimum Gasteiger partial charge on any atom is -0.493 e. The van der Waals surface area contributed by atoms with Crippen molar-refractivity contribution in [2.24, 2.45) is 0 Å². The fourth-order valence-electron chi connectivity index (χ4n) is 2.52. The largest absolute Gasteiger partial charge is 0.493 e. The molecule has 25 heavy (non-hydrogen) atoms. The topological polar surface area (TPSA) is 52.6 Å². The van der Waals surface area contributed by atoms with Crippen LogP contribution in [-0.4, -0.2) is 26.3 Å². The Labute approximate surface area is 155 Å². The van der Waals surface area contributed by atoms with E-state index < -0.39 is 0 Å². The third-order valence-electron chi connectivity index (χ3n) is 3.68. The third kappa shape index (κ3) is 3.95. The monoisotopic (exact) mass is 376 g/mol. The molecule has 0 aliphatic heterocycles. The second kappa shape index (κ2) is 8.33. The Balaban J connectivity index is 1.77. The summed E-state index contributed by atoms with van der Waals surface area (Å²) in [7, 11) is 4.85. The number of hydrogen-bond acceptors (Lipinski definition) is 7. The highest BCUT2D eigenvalue weighted by Gasteiger charge is 2.18. The van der Waals surface area contributed by atoms with Gasteiger partial charge in [-0.1, -0.05) is 6.07 Å². The first-order chi connectivity index (χ1) is 12.3.